The van der Waals surface area contributed by atoms with Gasteiger partial charge in [0.15, 0.2) is 0 Å². The molecule has 0 aliphatic carbocycles. The van der Waals surface area contributed by atoms with Crippen molar-refractivity contribution < 1.29 is 0 Å². The molecule has 1 fully saturated rings. The van der Waals surface area contributed by atoms with E-state index in [1.54, 1.807) is 0 Å². The molecule has 2 nitrogen and oxygen atoms in total. The zero-order valence-electron chi connectivity index (χ0n) is 13.5. The molecule has 20 heavy (non-hydrogen) atoms. The lowest BCUT2D eigenvalue weighted by Gasteiger charge is -2.50. The molecule has 2 rings (SSSR count). The minimum absolute atomic E-state index is 0.0758. The van der Waals surface area contributed by atoms with E-state index in [0.717, 1.165) is 12.2 Å². The lowest BCUT2D eigenvalue weighted by Crippen LogP contribution is -2.59. The predicted molar refractivity (Wildman–Crippen MR) is 91.8 cm³/mol. The van der Waals surface area contributed by atoms with E-state index >= 15 is 0 Å². The summed E-state index contributed by atoms with van der Waals surface area (Å²) in [5.41, 5.74) is 10.6. The molecule has 0 radical (unpaired) electrons. The van der Waals surface area contributed by atoms with Gasteiger partial charge in [0.25, 0.3) is 0 Å². The maximum Gasteiger partial charge on any atom is 0.0616 e. The Labute approximate surface area is 128 Å². The lowest BCUT2D eigenvalue weighted by molar-refractivity contribution is 0.265. The number of hydrogen-bond acceptors (Lipinski definition) is 3. The Kier molecular flexibility index (Phi) is 4.41. The Morgan fingerprint density at radius 1 is 1.25 bits per heavy atom. The summed E-state index contributed by atoms with van der Waals surface area (Å²) in [6.07, 6.45) is 1.16. The van der Waals surface area contributed by atoms with E-state index in [0.29, 0.717) is 12.0 Å². The van der Waals surface area contributed by atoms with Crippen LogP contribution in [0.4, 0.5) is 5.69 Å². The van der Waals surface area contributed by atoms with Crippen molar-refractivity contribution in [1.29, 1.82) is 0 Å². The maximum absolute atomic E-state index is 6.22. The van der Waals surface area contributed by atoms with Crippen molar-refractivity contribution in [3.05, 3.63) is 29.3 Å². The molecule has 1 unspecified atom stereocenters. The van der Waals surface area contributed by atoms with Gasteiger partial charge < -0.3 is 10.6 Å². The van der Waals surface area contributed by atoms with Gasteiger partial charge in [-0.3, -0.25) is 0 Å². The summed E-state index contributed by atoms with van der Waals surface area (Å²) in [4.78, 5) is 2.44. The van der Waals surface area contributed by atoms with Crippen molar-refractivity contribution in [2.45, 2.75) is 39.7 Å². The third kappa shape index (κ3) is 2.99. The van der Waals surface area contributed by atoms with Crippen LogP contribution >= 0.6 is 11.8 Å². The van der Waals surface area contributed by atoms with Crippen LogP contribution in [0.1, 0.15) is 31.4 Å². The molecule has 0 saturated carbocycles. The van der Waals surface area contributed by atoms with Crippen molar-refractivity contribution in [3.8, 4) is 0 Å². The highest BCUT2D eigenvalue weighted by atomic mass is 32.2. The smallest absolute Gasteiger partial charge is 0.0616 e. The van der Waals surface area contributed by atoms with E-state index < -0.39 is 0 Å². The molecule has 1 aliphatic heterocycles. The Bertz CT molecular complexity index is 484. The van der Waals surface area contributed by atoms with E-state index in [9.17, 15) is 0 Å². The van der Waals surface area contributed by atoms with E-state index in [2.05, 4.69) is 57.8 Å². The fourth-order valence-electron chi connectivity index (χ4n) is 3.43. The second-order valence-electron chi connectivity index (χ2n) is 7.11. The van der Waals surface area contributed by atoms with Crippen LogP contribution in [0.2, 0.25) is 0 Å². The number of hydrogen-bond donors (Lipinski definition) is 1. The topological polar surface area (TPSA) is 29.3 Å². The highest BCUT2D eigenvalue weighted by molar-refractivity contribution is 7.99. The molecular weight excluding hydrogens is 264 g/mol. The van der Waals surface area contributed by atoms with Gasteiger partial charge in [-0.15, -0.1) is 0 Å². The molecule has 0 aromatic heterocycles. The molecule has 2 N–H and O–H groups in total. The number of thioether (sulfide) groups is 1. The van der Waals surface area contributed by atoms with Gasteiger partial charge in [0.1, 0.15) is 0 Å². The highest BCUT2D eigenvalue weighted by Crippen LogP contribution is 2.43. The standard InChI is InChI=1S/C17H28N2S/c1-13-6-7-15(14(2)8-13)19(5)17(10-18)9-16(3,4)11-20-12-17/h6-8H,9-12,18H2,1-5H3. The van der Waals surface area contributed by atoms with Gasteiger partial charge in [-0.1, -0.05) is 31.5 Å². The van der Waals surface area contributed by atoms with Gasteiger partial charge >= 0.3 is 0 Å². The van der Waals surface area contributed by atoms with Crippen LogP contribution in [0.25, 0.3) is 0 Å². The Balaban J connectivity index is 2.35. The average molecular weight is 292 g/mol. The first-order chi connectivity index (χ1) is 9.30. The van der Waals surface area contributed by atoms with Crippen molar-refractivity contribution in [2.24, 2.45) is 11.1 Å². The van der Waals surface area contributed by atoms with E-state index in [4.69, 9.17) is 5.73 Å². The third-order valence-corrected chi connectivity index (χ3v) is 6.20. The van der Waals surface area contributed by atoms with Crippen molar-refractivity contribution in [1.82, 2.24) is 0 Å². The van der Waals surface area contributed by atoms with Crippen LogP contribution in [0.5, 0.6) is 0 Å². The Morgan fingerprint density at radius 3 is 2.50 bits per heavy atom. The minimum atomic E-state index is 0.0758. The number of aryl methyl sites for hydroxylation is 2. The van der Waals surface area contributed by atoms with Crippen LogP contribution in [0.15, 0.2) is 18.2 Å². The van der Waals surface area contributed by atoms with E-state index in [1.165, 1.54) is 22.6 Å². The number of nitrogens with zero attached hydrogens (tertiary/aromatic N) is 1. The molecule has 3 heteroatoms. The second-order valence-corrected chi connectivity index (χ2v) is 8.10. The van der Waals surface area contributed by atoms with Gasteiger partial charge in [-0.2, -0.15) is 11.8 Å². The summed E-state index contributed by atoms with van der Waals surface area (Å²) in [5.74, 6) is 2.35. The number of likely N-dealkylation sites (N-methyl/N-ethyl adjacent to an activating group) is 1. The average Bonchev–Trinajstić information content (AvgIpc) is 2.36. The van der Waals surface area contributed by atoms with E-state index in [-0.39, 0.29) is 5.54 Å². The quantitative estimate of drug-likeness (QED) is 0.923. The normalized spacial score (nSPS) is 25.5. The van der Waals surface area contributed by atoms with Gasteiger partial charge in [-0.05, 0) is 43.1 Å². The van der Waals surface area contributed by atoms with Crippen LogP contribution in [0, 0.1) is 19.3 Å². The van der Waals surface area contributed by atoms with Gasteiger partial charge in [0, 0.05) is 25.0 Å². The minimum Gasteiger partial charge on any atom is -0.367 e. The fraction of sp³-hybridized carbons (Fsp3) is 0.647. The summed E-state index contributed by atoms with van der Waals surface area (Å²) >= 11 is 2.04. The van der Waals surface area contributed by atoms with Crippen LogP contribution < -0.4 is 10.6 Å². The summed E-state index contributed by atoms with van der Waals surface area (Å²) in [6.45, 7) is 9.78. The van der Waals surface area contributed by atoms with Crippen molar-refractivity contribution in [2.75, 3.05) is 30.0 Å². The SMILES string of the molecule is Cc1ccc(N(C)C2(CN)CSCC(C)(C)C2)c(C)c1. The molecule has 0 spiro atoms. The van der Waals surface area contributed by atoms with Crippen LogP contribution in [-0.4, -0.2) is 30.6 Å². The molecular formula is C17H28N2S. The number of anilines is 1. The summed E-state index contributed by atoms with van der Waals surface area (Å²) in [7, 11) is 2.21. The molecule has 112 valence electrons. The highest BCUT2D eigenvalue weighted by Gasteiger charge is 2.42. The number of benzene rings is 1. The summed E-state index contributed by atoms with van der Waals surface area (Å²) < 4.78 is 0. The second kappa shape index (κ2) is 5.61. The monoisotopic (exact) mass is 292 g/mol. The Hall–Kier alpha value is -0.670. The molecule has 0 bridgehead atoms. The predicted octanol–water partition coefficient (Wildman–Crippen LogP) is 3.60. The Morgan fingerprint density at radius 2 is 1.95 bits per heavy atom. The summed E-state index contributed by atoms with van der Waals surface area (Å²) in [5, 5.41) is 0. The van der Waals surface area contributed by atoms with Crippen LogP contribution in [-0.2, 0) is 0 Å². The lowest BCUT2D eigenvalue weighted by atomic mass is 9.78. The number of rotatable bonds is 3. The largest absolute Gasteiger partial charge is 0.367 e. The van der Waals surface area contributed by atoms with E-state index in [1.807, 2.05) is 11.8 Å². The fourth-order valence-corrected chi connectivity index (χ4v) is 4.98. The van der Waals surface area contributed by atoms with Gasteiger partial charge in [0.05, 0.1) is 5.54 Å². The molecule has 1 heterocycles. The zero-order valence-corrected chi connectivity index (χ0v) is 14.3. The third-order valence-electron chi connectivity index (χ3n) is 4.48. The maximum atomic E-state index is 6.22. The first kappa shape index (κ1) is 15.7. The zero-order chi connectivity index (χ0) is 15.0. The molecule has 1 aromatic rings. The van der Waals surface area contributed by atoms with Gasteiger partial charge in [-0.25, -0.2) is 0 Å². The molecule has 1 aromatic carbocycles. The van der Waals surface area contributed by atoms with Crippen LogP contribution in [0.3, 0.4) is 0 Å². The number of nitrogens with two attached hydrogens (primary N) is 1. The first-order valence-corrected chi connectivity index (χ1v) is 8.54. The molecule has 1 aliphatic rings. The molecule has 1 atom stereocenters. The van der Waals surface area contributed by atoms with Crippen molar-refractivity contribution >= 4 is 17.4 Å². The first-order valence-electron chi connectivity index (χ1n) is 7.39. The molecule has 1 saturated heterocycles. The summed E-state index contributed by atoms with van der Waals surface area (Å²) in [6, 6.07) is 6.70. The molecule has 0 amide bonds. The van der Waals surface area contributed by atoms with Crippen molar-refractivity contribution in [3.63, 3.8) is 0 Å². The van der Waals surface area contributed by atoms with Gasteiger partial charge in [0.2, 0.25) is 0 Å².